The molecule has 212 valence electrons. The number of methoxy groups -OCH3 is 1. The van der Waals surface area contributed by atoms with Gasteiger partial charge in [-0.2, -0.15) is 5.26 Å². The zero-order valence-electron chi connectivity index (χ0n) is 23.0. The molecule has 0 saturated carbocycles. The van der Waals surface area contributed by atoms with E-state index in [1.54, 1.807) is 36.8 Å². The quantitative estimate of drug-likeness (QED) is 0.193. The minimum Gasteiger partial charge on any atom is -0.495 e. The summed E-state index contributed by atoms with van der Waals surface area (Å²) in [6.45, 7) is 5.99. The first-order valence-corrected chi connectivity index (χ1v) is 15.1. The Hall–Kier alpha value is -3.71. The second-order valence-corrected chi connectivity index (χ2v) is 12.0. The molecule has 0 unspecified atom stereocenters. The van der Waals surface area contributed by atoms with Crippen molar-refractivity contribution in [1.29, 1.82) is 5.26 Å². The number of hydrogen-bond donors (Lipinski definition) is 1. The normalized spacial score (nSPS) is 14.1. The fourth-order valence-electron chi connectivity index (χ4n) is 5.10. The summed E-state index contributed by atoms with van der Waals surface area (Å²) in [6, 6.07) is 22.5. The Bertz CT molecular complexity index is 1750. The first kappa shape index (κ1) is 28.4. The molecule has 0 radical (unpaired) electrons. The van der Waals surface area contributed by atoms with Gasteiger partial charge >= 0.3 is 0 Å². The van der Waals surface area contributed by atoms with Crippen molar-refractivity contribution in [2.75, 3.05) is 38.6 Å². The topological polar surface area (TPSA) is 77.3 Å². The largest absolute Gasteiger partial charge is 0.495 e. The van der Waals surface area contributed by atoms with Crippen molar-refractivity contribution in [2.45, 2.75) is 13.1 Å². The number of nitrogens with zero attached hydrogens (tertiary/aromatic N) is 5. The maximum absolute atomic E-state index is 9.83. The molecule has 3 aromatic heterocycles. The Morgan fingerprint density at radius 3 is 2.40 bits per heavy atom. The van der Waals surface area contributed by atoms with Crippen LogP contribution in [0.25, 0.3) is 20.7 Å². The number of hydrogen-bond acceptors (Lipinski definition) is 8. The molecule has 1 fully saturated rings. The van der Waals surface area contributed by atoms with E-state index in [-0.39, 0.29) is 0 Å². The fourth-order valence-corrected chi connectivity index (χ4v) is 6.73. The lowest BCUT2D eigenvalue weighted by atomic mass is 10.1. The Labute approximate surface area is 258 Å². The molecule has 2 aromatic carbocycles. The standard InChI is InChI=1S/C32H28Cl2N6OS/c1-41-29-15-27(25(33)14-26(29)34)38-31-23(17-35)18-37-28-16-30(42-32(28)31)22-7-5-21(6-8-22)19-39-10-12-40(13-11-39)20-24-4-2-3-9-36-24/h2-9,14-16,18H,10-13,19-20H2,1H3,(H,37,38). The molecule has 1 aliphatic rings. The Kier molecular flexibility index (Phi) is 8.56. The average Bonchev–Trinajstić information content (AvgIpc) is 3.45. The molecule has 4 heterocycles. The number of thiophene rings is 1. The highest BCUT2D eigenvalue weighted by atomic mass is 35.5. The van der Waals surface area contributed by atoms with Crippen molar-refractivity contribution in [3.05, 3.63) is 99.9 Å². The third-order valence-corrected chi connectivity index (χ3v) is 9.18. The molecule has 0 spiro atoms. The number of fused-ring (bicyclic) bond motifs is 1. The number of anilines is 2. The van der Waals surface area contributed by atoms with Crippen LogP contribution in [-0.2, 0) is 13.1 Å². The fraction of sp³-hybridized carbons (Fsp3) is 0.219. The van der Waals surface area contributed by atoms with E-state index in [4.69, 9.17) is 27.9 Å². The van der Waals surface area contributed by atoms with Crippen molar-refractivity contribution in [3.63, 3.8) is 0 Å². The highest BCUT2D eigenvalue weighted by molar-refractivity contribution is 7.22. The number of benzene rings is 2. The third kappa shape index (κ3) is 6.21. The van der Waals surface area contributed by atoms with Crippen LogP contribution in [0.4, 0.5) is 11.4 Å². The van der Waals surface area contributed by atoms with Crippen LogP contribution in [0.3, 0.4) is 0 Å². The van der Waals surface area contributed by atoms with Crippen molar-refractivity contribution in [1.82, 2.24) is 19.8 Å². The molecule has 0 bridgehead atoms. The molecular formula is C32H28Cl2N6OS. The summed E-state index contributed by atoms with van der Waals surface area (Å²) in [4.78, 5) is 15.1. The first-order valence-electron chi connectivity index (χ1n) is 13.6. The van der Waals surface area contributed by atoms with Crippen LogP contribution in [0.15, 0.2) is 73.1 Å². The van der Waals surface area contributed by atoms with Crippen LogP contribution >= 0.6 is 34.5 Å². The van der Waals surface area contributed by atoms with Gasteiger partial charge in [-0.3, -0.25) is 19.8 Å². The van der Waals surface area contributed by atoms with Gasteiger partial charge in [0.1, 0.15) is 11.8 Å². The number of nitrogens with one attached hydrogen (secondary N) is 1. The Morgan fingerprint density at radius 2 is 1.71 bits per heavy atom. The summed E-state index contributed by atoms with van der Waals surface area (Å²) in [5.74, 6) is 0.491. The van der Waals surface area contributed by atoms with Gasteiger partial charge in [0, 0.05) is 62.6 Å². The van der Waals surface area contributed by atoms with Gasteiger partial charge in [0.15, 0.2) is 0 Å². The van der Waals surface area contributed by atoms with Crippen LogP contribution < -0.4 is 10.1 Å². The predicted molar refractivity (Wildman–Crippen MR) is 171 cm³/mol. The maximum Gasteiger partial charge on any atom is 0.139 e. The Morgan fingerprint density at radius 1 is 0.952 bits per heavy atom. The zero-order valence-corrected chi connectivity index (χ0v) is 25.3. The van der Waals surface area contributed by atoms with E-state index in [0.717, 1.165) is 65.6 Å². The average molecular weight is 616 g/mol. The molecule has 0 atom stereocenters. The molecule has 6 rings (SSSR count). The molecule has 1 saturated heterocycles. The molecular weight excluding hydrogens is 587 g/mol. The van der Waals surface area contributed by atoms with Crippen molar-refractivity contribution in [2.24, 2.45) is 0 Å². The van der Waals surface area contributed by atoms with E-state index in [1.165, 1.54) is 5.56 Å². The summed E-state index contributed by atoms with van der Waals surface area (Å²) >= 11 is 14.3. The number of piperazine rings is 1. The number of nitriles is 1. The van der Waals surface area contributed by atoms with E-state index in [0.29, 0.717) is 32.7 Å². The molecule has 0 aliphatic carbocycles. The van der Waals surface area contributed by atoms with Gasteiger partial charge in [-0.1, -0.05) is 53.5 Å². The first-order chi connectivity index (χ1) is 20.5. The lowest BCUT2D eigenvalue weighted by Crippen LogP contribution is -2.45. The van der Waals surface area contributed by atoms with E-state index in [1.807, 2.05) is 18.3 Å². The van der Waals surface area contributed by atoms with Crippen molar-refractivity contribution in [3.8, 4) is 22.3 Å². The number of pyridine rings is 2. The highest BCUT2D eigenvalue weighted by Crippen LogP contribution is 2.42. The minimum atomic E-state index is 0.415. The summed E-state index contributed by atoms with van der Waals surface area (Å²) in [5, 5.41) is 14.0. The molecule has 1 N–H and O–H groups in total. The monoisotopic (exact) mass is 614 g/mol. The second kappa shape index (κ2) is 12.7. The SMILES string of the molecule is COc1cc(Nc2c(C#N)cnc3cc(-c4ccc(CN5CCN(Cc6ccccn6)CC5)cc4)sc23)c(Cl)cc1Cl. The molecule has 10 heteroatoms. The third-order valence-electron chi connectivity index (χ3n) is 7.38. The number of rotatable bonds is 8. The molecule has 42 heavy (non-hydrogen) atoms. The highest BCUT2D eigenvalue weighted by Gasteiger charge is 2.19. The van der Waals surface area contributed by atoms with Crippen LogP contribution in [0.5, 0.6) is 5.75 Å². The molecule has 7 nitrogen and oxygen atoms in total. The number of aromatic nitrogens is 2. The summed E-state index contributed by atoms with van der Waals surface area (Å²) in [6.07, 6.45) is 3.44. The van der Waals surface area contributed by atoms with Gasteiger partial charge in [-0.15, -0.1) is 11.3 Å². The lowest BCUT2D eigenvalue weighted by molar-refractivity contribution is 0.121. The Balaban J connectivity index is 1.16. The van der Waals surface area contributed by atoms with Gasteiger partial charge < -0.3 is 10.1 Å². The predicted octanol–water partition coefficient (Wildman–Crippen LogP) is 7.61. The number of ether oxygens (including phenoxy) is 1. The van der Waals surface area contributed by atoms with Gasteiger partial charge in [-0.25, -0.2) is 0 Å². The van der Waals surface area contributed by atoms with Gasteiger partial charge in [-0.05, 0) is 35.4 Å². The van der Waals surface area contributed by atoms with Gasteiger partial charge in [0.25, 0.3) is 0 Å². The molecule has 1 aliphatic heterocycles. The summed E-state index contributed by atoms with van der Waals surface area (Å²) < 4.78 is 6.23. The van der Waals surface area contributed by atoms with Crippen LogP contribution in [0.2, 0.25) is 10.0 Å². The van der Waals surface area contributed by atoms with E-state index >= 15 is 0 Å². The second-order valence-electron chi connectivity index (χ2n) is 10.1. The van der Waals surface area contributed by atoms with Gasteiger partial charge in [0.2, 0.25) is 0 Å². The summed E-state index contributed by atoms with van der Waals surface area (Å²) in [7, 11) is 1.55. The van der Waals surface area contributed by atoms with Crippen molar-refractivity contribution < 1.29 is 4.74 Å². The molecule has 5 aromatic rings. The van der Waals surface area contributed by atoms with E-state index < -0.39 is 0 Å². The van der Waals surface area contributed by atoms with Crippen LogP contribution in [0.1, 0.15) is 16.8 Å². The van der Waals surface area contributed by atoms with Crippen molar-refractivity contribution >= 4 is 56.1 Å². The number of halogens is 2. The van der Waals surface area contributed by atoms with E-state index in [2.05, 4.69) is 67.6 Å². The van der Waals surface area contributed by atoms with Crippen LogP contribution in [-0.4, -0.2) is 53.1 Å². The molecule has 0 amide bonds. The van der Waals surface area contributed by atoms with Crippen LogP contribution in [0, 0.1) is 11.3 Å². The smallest absolute Gasteiger partial charge is 0.139 e. The maximum atomic E-state index is 9.83. The minimum absolute atomic E-state index is 0.415. The zero-order chi connectivity index (χ0) is 29.1. The van der Waals surface area contributed by atoms with Gasteiger partial charge in [0.05, 0.1) is 50.0 Å². The van der Waals surface area contributed by atoms with E-state index in [9.17, 15) is 5.26 Å². The summed E-state index contributed by atoms with van der Waals surface area (Å²) in [5.41, 5.74) is 6.01. The lowest BCUT2D eigenvalue weighted by Gasteiger charge is -2.34.